The number of hydrogen-bond donors (Lipinski definition) is 1. The highest BCUT2D eigenvalue weighted by Crippen LogP contribution is 2.41. The van der Waals surface area contributed by atoms with Gasteiger partial charge in [-0.2, -0.15) is 0 Å². The van der Waals surface area contributed by atoms with Crippen LogP contribution in [0.5, 0.6) is 11.5 Å². The van der Waals surface area contributed by atoms with E-state index in [1.165, 1.54) is 6.07 Å². The van der Waals surface area contributed by atoms with E-state index >= 15 is 0 Å². The Labute approximate surface area is 123 Å². The molecule has 1 atom stereocenters. The molecular formula is C14H20N2O5. The molecule has 1 aromatic rings. The zero-order chi connectivity index (χ0) is 15.6. The highest BCUT2D eigenvalue weighted by atomic mass is 16.7. The monoisotopic (exact) mass is 296 g/mol. The van der Waals surface area contributed by atoms with Gasteiger partial charge in [0.05, 0.1) is 16.6 Å². The van der Waals surface area contributed by atoms with Crippen LogP contribution in [-0.4, -0.2) is 30.5 Å². The Balaban J connectivity index is 2.21. The second-order valence-corrected chi connectivity index (χ2v) is 5.69. The molecule has 116 valence electrons. The molecule has 7 nitrogen and oxygen atoms in total. The molecule has 0 fully saturated rings. The van der Waals surface area contributed by atoms with Crippen LogP contribution in [0.1, 0.15) is 27.2 Å². The Morgan fingerprint density at radius 2 is 2.05 bits per heavy atom. The number of nitro benzene ring substituents is 1. The number of benzene rings is 1. The van der Waals surface area contributed by atoms with Crippen molar-refractivity contribution in [3.63, 3.8) is 0 Å². The van der Waals surface area contributed by atoms with E-state index in [1.54, 1.807) is 13.2 Å². The van der Waals surface area contributed by atoms with E-state index in [2.05, 4.69) is 5.32 Å². The molecule has 1 aliphatic heterocycles. The summed E-state index contributed by atoms with van der Waals surface area (Å²) >= 11 is 0. The van der Waals surface area contributed by atoms with E-state index in [0.29, 0.717) is 23.6 Å². The first-order valence-electron chi connectivity index (χ1n) is 6.72. The number of fused-ring (bicyclic) bond motifs is 1. The fourth-order valence-corrected chi connectivity index (χ4v) is 2.34. The fraction of sp³-hybridized carbons (Fsp3) is 0.571. The first-order chi connectivity index (χ1) is 9.82. The van der Waals surface area contributed by atoms with Gasteiger partial charge in [-0.15, -0.1) is 0 Å². The number of nitrogens with one attached hydrogen (secondary N) is 1. The lowest BCUT2D eigenvalue weighted by molar-refractivity contribution is -0.384. The molecule has 1 unspecified atom stereocenters. The van der Waals surface area contributed by atoms with Gasteiger partial charge in [0.2, 0.25) is 6.79 Å². The summed E-state index contributed by atoms with van der Waals surface area (Å²) in [6.07, 6.45) is 0.703. The smallest absolute Gasteiger partial charge is 0.296 e. The Bertz CT molecular complexity index is 544. The van der Waals surface area contributed by atoms with Crippen molar-refractivity contribution in [2.45, 2.75) is 38.8 Å². The van der Waals surface area contributed by atoms with Crippen LogP contribution in [-0.2, 0) is 4.74 Å². The fourth-order valence-electron chi connectivity index (χ4n) is 2.34. The van der Waals surface area contributed by atoms with E-state index < -0.39 is 4.92 Å². The number of methoxy groups -OCH3 is 1. The summed E-state index contributed by atoms with van der Waals surface area (Å²) in [4.78, 5) is 10.8. The average Bonchev–Trinajstić information content (AvgIpc) is 2.84. The second-order valence-electron chi connectivity index (χ2n) is 5.69. The quantitative estimate of drug-likeness (QED) is 0.642. The Kier molecular flexibility index (Phi) is 4.22. The third-order valence-electron chi connectivity index (χ3n) is 3.44. The predicted molar refractivity (Wildman–Crippen MR) is 78.0 cm³/mol. The van der Waals surface area contributed by atoms with Crippen molar-refractivity contribution < 1.29 is 19.1 Å². The largest absolute Gasteiger partial charge is 0.454 e. The van der Waals surface area contributed by atoms with Gasteiger partial charge in [0.1, 0.15) is 5.69 Å². The molecule has 1 aliphatic rings. The minimum atomic E-state index is -0.432. The van der Waals surface area contributed by atoms with Crippen LogP contribution in [0.15, 0.2) is 12.1 Å². The molecular weight excluding hydrogens is 276 g/mol. The molecule has 1 heterocycles. The molecule has 1 aromatic carbocycles. The van der Waals surface area contributed by atoms with Crippen LogP contribution < -0.4 is 14.8 Å². The summed E-state index contributed by atoms with van der Waals surface area (Å²) < 4.78 is 15.8. The second kappa shape index (κ2) is 5.77. The summed E-state index contributed by atoms with van der Waals surface area (Å²) in [7, 11) is 1.65. The maximum Gasteiger partial charge on any atom is 0.296 e. The van der Waals surface area contributed by atoms with E-state index in [9.17, 15) is 10.1 Å². The zero-order valence-electron chi connectivity index (χ0n) is 12.6. The van der Waals surface area contributed by atoms with Crippen molar-refractivity contribution in [3.8, 4) is 11.5 Å². The first kappa shape index (κ1) is 15.4. The molecule has 0 saturated heterocycles. The van der Waals surface area contributed by atoms with Crippen molar-refractivity contribution in [2.75, 3.05) is 19.2 Å². The molecule has 2 rings (SSSR count). The molecule has 0 aliphatic carbocycles. The zero-order valence-corrected chi connectivity index (χ0v) is 12.6. The van der Waals surface area contributed by atoms with Gasteiger partial charge in [0, 0.05) is 19.2 Å². The molecule has 0 amide bonds. The minimum Gasteiger partial charge on any atom is -0.454 e. The van der Waals surface area contributed by atoms with Crippen molar-refractivity contribution >= 4 is 11.4 Å². The van der Waals surface area contributed by atoms with Gasteiger partial charge in [0.25, 0.3) is 5.69 Å². The van der Waals surface area contributed by atoms with E-state index in [-0.39, 0.29) is 24.1 Å². The Morgan fingerprint density at radius 3 is 2.62 bits per heavy atom. The van der Waals surface area contributed by atoms with E-state index in [0.717, 1.165) is 0 Å². The van der Waals surface area contributed by atoms with Gasteiger partial charge in [0.15, 0.2) is 11.5 Å². The van der Waals surface area contributed by atoms with Crippen LogP contribution in [0, 0.1) is 10.1 Å². The number of rotatable bonds is 6. The normalized spacial score (nSPS) is 14.9. The molecule has 0 radical (unpaired) electrons. The summed E-state index contributed by atoms with van der Waals surface area (Å²) in [6.45, 7) is 5.98. The number of hydrogen-bond acceptors (Lipinski definition) is 6. The summed E-state index contributed by atoms with van der Waals surface area (Å²) in [5.74, 6) is 0.915. The molecule has 0 saturated carbocycles. The molecule has 1 N–H and O–H groups in total. The number of nitro groups is 1. The molecule has 7 heteroatoms. The van der Waals surface area contributed by atoms with Crippen LogP contribution in [0.25, 0.3) is 0 Å². The topological polar surface area (TPSA) is 82.9 Å². The van der Waals surface area contributed by atoms with Crippen LogP contribution in [0.3, 0.4) is 0 Å². The average molecular weight is 296 g/mol. The SMILES string of the molecule is COC(C)(C)CC(C)Nc1cc2c(cc1[N+](=O)[O-])OCO2. The van der Waals surface area contributed by atoms with Gasteiger partial charge in [-0.05, 0) is 27.2 Å². The van der Waals surface area contributed by atoms with Gasteiger partial charge < -0.3 is 19.5 Å². The number of anilines is 1. The van der Waals surface area contributed by atoms with Crippen LogP contribution in [0.4, 0.5) is 11.4 Å². The lowest BCUT2D eigenvalue weighted by Gasteiger charge is -2.27. The summed E-state index contributed by atoms with van der Waals surface area (Å²) in [5, 5.41) is 14.3. The lowest BCUT2D eigenvalue weighted by atomic mass is 9.99. The van der Waals surface area contributed by atoms with Crippen LogP contribution in [0.2, 0.25) is 0 Å². The summed E-state index contributed by atoms with van der Waals surface area (Å²) in [5.41, 5.74) is 0.0855. The number of ether oxygens (including phenoxy) is 3. The standard InChI is InChI=1S/C14H20N2O5/c1-9(7-14(2,3)19-4)15-10-5-12-13(21-8-20-12)6-11(10)16(17)18/h5-6,9,15H,7-8H2,1-4H3. The van der Waals surface area contributed by atoms with Gasteiger partial charge in [-0.25, -0.2) is 0 Å². The van der Waals surface area contributed by atoms with Crippen LogP contribution >= 0.6 is 0 Å². The molecule has 21 heavy (non-hydrogen) atoms. The Morgan fingerprint density at radius 1 is 1.43 bits per heavy atom. The van der Waals surface area contributed by atoms with Crippen molar-refractivity contribution in [2.24, 2.45) is 0 Å². The third-order valence-corrected chi connectivity index (χ3v) is 3.44. The van der Waals surface area contributed by atoms with Crippen molar-refractivity contribution in [3.05, 3.63) is 22.2 Å². The van der Waals surface area contributed by atoms with Gasteiger partial charge in [-0.3, -0.25) is 10.1 Å². The number of nitrogens with zero attached hydrogens (tertiary/aromatic N) is 1. The third kappa shape index (κ3) is 3.55. The van der Waals surface area contributed by atoms with E-state index in [1.807, 2.05) is 20.8 Å². The Hall–Kier alpha value is -2.02. The van der Waals surface area contributed by atoms with Gasteiger partial charge in [-0.1, -0.05) is 0 Å². The highest BCUT2D eigenvalue weighted by molar-refractivity contribution is 5.69. The summed E-state index contributed by atoms with van der Waals surface area (Å²) in [6, 6.07) is 2.99. The maximum absolute atomic E-state index is 11.2. The van der Waals surface area contributed by atoms with Crippen molar-refractivity contribution in [1.29, 1.82) is 0 Å². The molecule has 0 spiro atoms. The predicted octanol–water partition coefficient (Wildman–Crippen LogP) is 2.94. The minimum absolute atomic E-state index is 0.000906. The van der Waals surface area contributed by atoms with E-state index in [4.69, 9.17) is 14.2 Å². The highest BCUT2D eigenvalue weighted by Gasteiger charge is 2.26. The molecule has 0 aromatic heterocycles. The molecule has 0 bridgehead atoms. The van der Waals surface area contributed by atoms with Gasteiger partial charge >= 0.3 is 0 Å². The lowest BCUT2D eigenvalue weighted by Crippen LogP contribution is -2.31. The van der Waals surface area contributed by atoms with Crippen molar-refractivity contribution in [1.82, 2.24) is 0 Å². The first-order valence-corrected chi connectivity index (χ1v) is 6.72. The maximum atomic E-state index is 11.2.